The van der Waals surface area contributed by atoms with Crippen LogP contribution in [0, 0.1) is 0 Å². The van der Waals surface area contributed by atoms with Gasteiger partial charge in [0.2, 0.25) is 0 Å². The maximum atomic E-state index is 12.4. The lowest BCUT2D eigenvalue weighted by Gasteiger charge is -2.12. The van der Waals surface area contributed by atoms with Crippen LogP contribution in [0.5, 0.6) is 17.2 Å². The van der Waals surface area contributed by atoms with Gasteiger partial charge in [-0.25, -0.2) is 0 Å². The Kier molecular flexibility index (Phi) is 5.11. The van der Waals surface area contributed by atoms with Gasteiger partial charge in [0, 0.05) is 24.1 Å². The topological polar surface area (TPSA) is 56.8 Å². The zero-order valence-electron chi connectivity index (χ0n) is 13.3. The number of fused-ring (bicyclic) bond motifs is 1. The van der Waals surface area contributed by atoms with Crippen molar-refractivity contribution in [2.75, 3.05) is 20.3 Å². The number of ether oxygens (including phenoxy) is 3. The maximum Gasteiger partial charge on any atom is 0.251 e. The number of methoxy groups -OCH3 is 1. The van der Waals surface area contributed by atoms with Gasteiger partial charge in [0.1, 0.15) is 5.75 Å². The molecule has 1 heterocycles. The summed E-state index contributed by atoms with van der Waals surface area (Å²) in [6, 6.07) is 10.8. The molecule has 24 heavy (non-hydrogen) atoms. The third-order valence-electron chi connectivity index (χ3n) is 3.70. The van der Waals surface area contributed by atoms with Crippen LogP contribution >= 0.6 is 11.6 Å². The summed E-state index contributed by atoms with van der Waals surface area (Å²) in [7, 11) is 1.60. The second kappa shape index (κ2) is 7.45. The molecule has 2 aromatic carbocycles. The smallest absolute Gasteiger partial charge is 0.251 e. The van der Waals surface area contributed by atoms with Gasteiger partial charge in [-0.15, -0.1) is 0 Å². The maximum absolute atomic E-state index is 12.4. The van der Waals surface area contributed by atoms with Crippen LogP contribution in [0.15, 0.2) is 36.4 Å². The molecule has 0 saturated heterocycles. The summed E-state index contributed by atoms with van der Waals surface area (Å²) in [6.07, 6.45) is 0.778. The molecule has 0 saturated carbocycles. The summed E-state index contributed by atoms with van der Waals surface area (Å²) in [6.45, 7) is 1.44. The number of nitrogens with one attached hydrogen (secondary N) is 1. The lowest BCUT2D eigenvalue weighted by atomic mass is 10.1. The van der Waals surface area contributed by atoms with Crippen molar-refractivity contribution in [1.82, 2.24) is 5.32 Å². The Bertz CT molecular complexity index is 748. The minimum Gasteiger partial charge on any atom is -0.496 e. The number of hydrogen-bond acceptors (Lipinski definition) is 4. The van der Waals surface area contributed by atoms with E-state index in [1.807, 2.05) is 24.3 Å². The minimum absolute atomic E-state index is 0.238. The fourth-order valence-electron chi connectivity index (χ4n) is 2.49. The standard InChI is InChI=1S/C18H18ClNO4/c1-22-15-6-3-2-5-12(15)11-20-18(21)13-9-14(19)17-16(10-13)23-7-4-8-24-17/h2-3,5-6,9-10H,4,7-8,11H2,1H3,(H,20,21). The summed E-state index contributed by atoms with van der Waals surface area (Å²) >= 11 is 6.22. The fourth-order valence-corrected chi connectivity index (χ4v) is 2.75. The van der Waals surface area contributed by atoms with Crippen molar-refractivity contribution in [3.63, 3.8) is 0 Å². The predicted octanol–water partition coefficient (Wildman–Crippen LogP) is 3.44. The van der Waals surface area contributed by atoms with Crippen LogP contribution in [0.3, 0.4) is 0 Å². The lowest BCUT2D eigenvalue weighted by Crippen LogP contribution is -2.23. The number of carbonyl (C=O) groups is 1. The monoisotopic (exact) mass is 347 g/mol. The number of hydrogen-bond donors (Lipinski definition) is 1. The van der Waals surface area contributed by atoms with Crippen LogP contribution in [-0.2, 0) is 6.54 Å². The molecule has 1 N–H and O–H groups in total. The summed E-state index contributed by atoms with van der Waals surface area (Å²) in [5, 5.41) is 3.24. The highest BCUT2D eigenvalue weighted by Gasteiger charge is 2.18. The molecule has 6 heteroatoms. The Morgan fingerprint density at radius 1 is 1.25 bits per heavy atom. The Balaban J connectivity index is 1.75. The molecule has 0 aromatic heterocycles. The molecule has 0 spiro atoms. The van der Waals surface area contributed by atoms with Crippen molar-refractivity contribution in [3.8, 4) is 17.2 Å². The summed E-state index contributed by atoms with van der Waals surface area (Å²) in [5.74, 6) is 1.49. The van der Waals surface area contributed by atoms with E-state index in [1.165, 1.54) is 0 Å². The largest absolute Gasteiger partial charge is 0.496 e. The molecule has 2 aromatic rings. The van der Waals surface area contributed by atoms with Crippen molar-refractivity contribution < 1.29 is 19.0 Å². The van der Waals surface area contributed by atoms with Gasteiger partial charge in [0.25, 0.3) is 5.91 Å². The van der Waals surface area contributed by atoms with Gasteiger partial charge in [0.05, 0.1) is 25.3 Å². The molecule has 0 aliphatic carbocycles. The number of amides is 1. The van der Waals surface area contributed by atoms with Crippen LogP contribution in [0.1, 0.15) is 22.3 Å². The normalized spacial score (nSPS) is 13.1. The molecular formula is C18H18ClNO4. The Hall–Kier alpha value is -2.40. The number of rotatable bonds is 4. The number of halogens is 1. The first-order chi connectivity index (χ1) is 11.7. The van der Waals surface area contributed by atoms with E-state index in [-0.39, 0.29) is 5.91 Å². The molecule has 3 rings (SSSR count). The van der Waals surface area contributed by atoms with Crippen LogP contribution < -0.4 is 19.5 Å². The molecule has 5 nitrogen and oxygen atoms in total. The average molecular weight is 348 g/mol. The van der Waals surface area contributed by atoms with Crippen molar-refractivity contribution in [3.05, 3.63) is 52.5 Å². The Morgan fingerprint density at radius 3 is 2.88 bits per heavy atom. The van der Waals surface area contributed by atoms with E-state index in [0.717, 1.165) is 17.7 Å². The molecule has 0 fully saturated rings. The first-order valence-corrected chi connectivity index (χ1v) is 8.06. The van der Waals surface area contributed by atoms with Gasteiger partial charge in [-0.3, -0.25) is 4.79 Å². The zero-order valence-corrected chi connectivity index (χ0v) is 14.1. The van der Waals surface area contributed by atoms with Crippen molar-refractivity contribution >= 4 is 17.5 Å². The van der Waals surface area contributed by atoms with Gasteiger partial charge in [-0.2, -0.15) is 0 Å². The lowest BCUT2D eigenvalue weighted by molar-refractivity contribution is 0.0950. The third-order valence-corrected chi connectivity index (χ3v) is 3.98. The predicted molar refractivity (Wildman–Crippen MR) is 91.2 cm³/mol. The van der Waals surface area contributed by atoms with E-state index in [2.05, 4.69) is 5.32 Å². The molecule has 1 aliphatic heterocycles. The van der Waals surface area contributed by atoms with Crippen molar-refractivity contribution in [1.29, 1.82) is 0 Å². The molecule has 0 atom stereocenters. The number of benzene rings is 2. The van der Waals surface area contributed by atoms with Crippen LogP contribution in [0.2, 0.25) is 5.02 Å². The molecule has 0 unspecified atom stereocenters. The van der Waals surface area contributed by atoms with E-state index in [0.29, 0.717) is 41.8 Å². The van der Waals surface area contributed by atoms with Gasteiger partial charge < -0.3 is 19.5 Å². The van der Waals surface area contributed by atoms with Gasteiger partial charge in [0.15, 0.2) is 11.5 Å². The first kappa shape index (κ1) is 16.5. The number of para-hydroxylation sites is 1. The molecule has 1 aliphatic rings. The van der Waals surface area contributed by atoms with E-state index < -0.39 is 0 Å². The van der Waals surface area contributed by atoms with Gasteiger partial charge in [-0.1, -0.05) is 29.8 Å². The highest BCUT2D eigenvalue weighted by molar-refractivity contribution is 6.32. The molecule has 0 bridgehead atoms. The molecule has 126 valence electrons. The molecule has 0 radical (unpaired) electrons. The second-order valence-corrected chi connectivity index (χ2v) is 5.74. The highest BCUT2D eigenvalue weighted by Crippen LogP contribution is 2.38. The summed E-state index contributed by atoms with van der Waals surface area (Å²) < 4.78 is 16.5. The Morgan fingerprint density at radius 2 is 2.04 bits per heavy atom. The van der Waals surface area contributed by atoms with Gasteiger partial charge >= 0.3 is 0 Å². The summed E-state index contributed by atoms with van der Waals surface area (Å²) in [5.41, 5.74) is 1.33. The fraction of sp³-hybridized carbons (Fsp3) is 0.278. The Labute approximate surface area is 145 Å². The minimum atomic E-state index is -0.238. The zero-order chi connectivity index (χ0) is 16.9. The van der Waals surface area contributed by atoms with Crippen molar-refractivity contribution in [2.45, 2.75) is 13.0 Å². The third kappa shape index (κ3) is 3.57. The SMILES string of the molecule is COc1ccccc1CNC(=O)c1cc(Cl)c2c(c1)OCCCO2. The first-order valence-electron chi connectivity index (χ1n) is 7.68. The van der Waals surface area contributed by atoms with Gasteiger partial charge in [-0.05, 0) is 18.2 Å². The van der Waals surface area contributed by atoms with Crippen LogP contribution in [0.25, 0.3) is 0 Å². The van der Waals surface area contributed by atoms with E-state index >= 15 is 0 Å². The molecular weight excluding hydrogens is 330 g/mol. The number of carbonyl (C=O) groups excluding carboxylic acids is 1. The average Bonchev–Trinajstić information content (AvgIpc) is 2.85. The quantitative estimate of drug-likeness (QED) is 0.920. The van der Waals surface area contributed by atoms with Crippen molar-refractivity contribution in [2.24, 2.45) is 0 Å². The van der Waals surface area contributed by atoms with Crippen LogP contribution in [-0.4, -0.2) is 26.2 Å². The van der Waals surface area contributed by atoms with E-state index in [9.17, 15) is 4.79 Å². The van der Waals surface area contributed by atoms with E-state index in [4.69, 9.17) is 25.8 Å². The second-order valence-electron chi connectivity index (χ2n) is 5.33. The van der Waals surface area contributed by atoms with Crippen LogP contribution in [0.4, 0.5) is 0 Å². The highest BCUT2D eigenvalue weighted by atomic mass is 35.5. The molecule has 1 amide bonds. The van der Waals surface area contributed by atoms with E-state index in [1.54, 1.807) is 19.2 Å². The summed E-state index contributed by atoms with van der Waals surface area (Å²) in [4.78, 5) is 12.4.